The Bertz CT molecular complexity index is 1020. The van der Waals surface area contributed by atoms with Gasteiger partial charge in [0.2, 0.25) is 0 Å². The van der Waals surface area contributed by atoms with Gasteiger partial charge in [-0.1, -0.05) is 29.6 Å². The Kier molecular flexibility index (Phi) is 4.25. The highest BCUT2D eigenvalue weighted by molar-refractivity contribution is 7.71. The molecule has 6 heteroatoms. The van der Waals surface area contributed by atoms with E-state index in [9.17, 15) is 0 Å². The van der Waals surface area contributed by atoms with E-state index in [0.29, 0.717) is 6.54 Å². The molecular weight excluding hydrogens is 348 g/mol. The second-order valence-corrected chi connectivity index (χ2v) is 8.36. The first-order valence-corrected chi connectivity index (χ1v) is 9.74. The molecule has 1 aliphatic rings. The third kappa shape index (κ3) is 3.16. The summed E-state index contributed by atoms with van der Waals surface area (Å²) in [6.45, 7) is 6.89. The van der Waals surface area contributed by atoms with Gasteiger partial charge in [-0.15, -0.1) is 10.2 Å². The maximum absolute atomic E-state index is 5.59. The summed E-state index contributed by atoms with van der Waals surface area (Å²) in [6.07, 6.45) is 3.26. The molecule has 4 nitrogen and oxygen atoms in total. The van der Waals surface area contributed by atoms with Crippen LogP contribution >= 0.6 is 23.6 Å². The second-order valence-electron chi connectivity index (χ2n) is 6.68. The average molecular weight is 369 g/mol. The van der Waals surface area contributed by atoms with Crippen LogP contribution in [-0.2, 0) is 19.4 Å². The van der Waals surface area contributed by atoms with Crippen LogP contribution in [0.2, 0.25) is 0 Å². The minimum atomic E-state index is 0.581. The molecule has 0 unspecified atom stereocenters. The van der Waals surface area contributed by atoms with E-state index in [0.717, 1.165) is 39.6 Å². The number of hydrogen-bond acceptors (Lipinski definition) is 5. The smallest absolute Gasteiger partial charge is 0.139 e. The van der Waals surface area contributed by atoms with Crippen LogP contribution in [0.25, 0.3) is 11.3 Å². The summed E-state index contributed by atoms with van der Waals surface area (Å²) in [5, 5.41) is 15.2. The molecule has 0 spiro atoms. The van der Waals surface area contributed by atoms with Gasteiger partial charge in [0.15, 0.2) is 0 Å². The topological polar surface area (TPSA) is 43.6 Å². The van der Waals surface area contributed by atoms with Crippen LogP contribution in [0.1, 0.15) is 38.7 Å². The predicted octanol–water partition coefficient (Wildman–Crippen LogP) is 4.59. The lowest BCUT2D eigenvalue weighted by Gasteiger charge is -2.14. The first kappa shape index (κ1) is 16.5. The van der Waals surface area contributed by atoms with Gasteiger partial charge in [0.25, 0.3) is 0 Å². The molecule has 2 heterocycles. The van der Waals surface area contributed by atoms with Crippen molar-refractivity contribution < 1.29 is 0 Å². The van der Waals surface area contributed by atoms with Crippen molar-refractivity contribution in [1.82, 2.24) is 20.0 Å². The molecule has 0 N–H and O–H groups in total. The van der Waals surface area contributed by atoms with Crippen molar-refractivity contribution in [3.05, 3.63) is 55.1 Å². The van der Waals surface area contributed by atoms with Crippen molar-refractivity contribution in [1.29, 1.82) is 0 Å². The Morgan fingerprint density at radius 2 is 1.80 bits per heavy atom. The van der Waals surface area contributed by atoms with Gasteiger partial charge in [0.05, 0.1) is 12.2 Å². The number of rotatable bonds is 2. The minimum Gasteiger partial charge on any atom is -0.247 e. The highest BCUT2D eigenvalue weighted by Crippen LogP contribution is 2.33. The average Bonchev–Trinajstić information content (AvgIpc) is 2.90. The van der Waals surface area contributed by atoms with Gasteiger partial charge in [-0.25, -0.2) is 4.68 Å². The lowest BCUT2D eigenvalue weighted by Crippen LogP contribution is -2.10. The van der Waals surface area contributed by atoms with Gasteiger partial charge in [-0.05, 0) is 74.4 Å². The lowest BCUT2D eigenvalue weighted by molar-refractivity contribution is 0.645. The molecule has 0 radical (unpaired) electrons. The molecule has 128 valence electrons. The Morgan fingerprint density at radius 1 is 1.04 bits per heavy atom. The molecular formula is C19H20N4S2. The van der Waals surface area contributed by atoms with Crippen LogP contribution in [0.15, 0.2) is 18.2 Å². The largest absolute Gasteiger partial charge is 0.247 e. The van der Waals surface area contributed by atoms with Gasteiger partial charge in [0, 0.05) is 5.56 Å². The van der Waals surface area contributed by atoms with Gasteiger partial charge in [-0.2, -0.15) is 5.10 Å². The predicted molar refractivity (Wildman–Crippen MR) is 104 cm³/mol. The fraction of sp³-hybridized carbons (Fsp3) is 0.368. The van der Waals surface area contributed by atoms with E-state index in [1.54, 1.807) is 11.3 Å². The second kappa shape index (κ2) is 6.42. The summed E-state index contributed by atoms with van der Waals surface area (Å²) in [5.74, 6) is 0. The van der Waals surface area contributed by atoms with E-state index in [2.05, 4.69) is 42.2 Å². The number of aryl methyl sites for hydroxylation is 5. The van der Waals surface area contributed by atoms with Gasteiger partial charge in [0.1, 0.15) is 14.7 Å². The molecule has 25 heavy (non-hydrogen) atoms. The quantitative estimate of drug-likeness (QED) is 0.620. The lowest BCUT2D eigenvalue weighted by atomic mass is 9.96. The number of nitrogens with zero attached hydrogens (tertiary/aromatic N) is 4. The Morgan fingerprint density at radius 3 is 2.56 bits per heavy atom. The number of benzene rings is 1. The van der Waals surface area contributed by atoms with Crippen molar-refractivity contribution in [2.24, 2.45) is 0 Å². The third-order valence-corrected chi connectivity index (χ3v) is 5.95. The maximum atomic E-state index is 5.59. The van der Waals surface area contributed by atoms with Crippen LogP contribution in [-0.4, -0.2) is 20.0 Å². The van der Waals surface area contributed by atoms with E-state index in [1.165, 1.54) is 27.8 Å². The van der Waals surface area contributed by atoms with Crippen LogP contribution in [0.4, 0.5) is 0 Å². The van der Waals surface area contributed by atoms with Crippen molar-refractivity contribution in [2.45, 2.75) is 46.6 Å². The van der Waals surface area contributed by atoms with E-state index in [1.807, 2.05) is 11.6 Å². The monoisotopic (exact) mass is 368 g/mol. The fourth-order valence-electron chi connectivity index (χ4n) is 3.36. The van der Waals surface area contributed by atoms with Crippen LogP contribution in [0.5, 0.6) is 0 Å². The first-order chi connectivity index (χ1) is 12.0. The Hall–Kier alpha value is -1.92. The molecule has 0 atom stereocenters. The molecule has 0 bridgehead atoms. The molecule has 3 aromatic rings. The van der Waals surface area contributed by atoms with Gasteiger partial charge >= 0.3 is 0 Å². The van der Waals surface area contributed by atoms with Crippen LogP contribution in [0, 0.1) is 25.4 Å². The minimum absolute atomic E-state index is 0.581. The molecule has 0 aliphatic heterocycles. The number of fused-ring (bicyclic) bond motifs is 3. The Balaban J connectivity index is 1.86. The summed E-state index contributed by atoms with van der Waals surface area (Å²) in [7, 11) is 0. The van der Waals surface area contributed by atoms with E-state index in [4.69, 9.17) is 17.3 Å². The summed E-state index contributed by atoms with van der Waals surface area (Å²) in [4.78, 5) is 0. The molecule has 0 saturated carbocycles. The van der Waals surface area contributed by atoms with E-state index < -0.39 is 0 Å². The molecule has 0 saturated heterocycles. The van der Waals surface area contributed by atoms with E-state index in [-0.39, 0.29) is 0 Å². The molecule has 0 fully saturated rings. The SMILES string of the molecule is Cc1nnc(Cn2nc3c(cc2=S)CCCc2cc(C)c(C)cc2-3)s1. The summed E-state index contributed by atoms with van der Waals surface area (Å²) in [5.41, 5.74) is 7.64. The van der Waals surface area contributed by atoms with Crippen LogP contribution < -0.4 is 0 Å². The van der Waals surface area contributed by atoms with Crippen molar-refractivity contribution in [3.8, 4) is 11.3 Å². The van der Waals surface area contributed by atoms with Gasteiger partial charge < -0.3 is 0 Å². The van der Waals surface area contributed by atoms with Crippen molar-refractivity contribution in [3.63, 3.8) is 0 Å². The molecule has 2 aromatic heterocycles. The molecule has 1 aromatic carbocycles. The standard InChI is InChI=1S/C19H20N4S2/c1-11-7-14-5-4-6-15-9-18(24)23(10-17-21-20-13(3)25-17)22-19(15)16(14)8-12(11)2/h7-9H,4-6,10H2,1-3H3. The zero-order chi connectivity index (χ0) is 17.6. The zero-order valence-electron chi connectivity index (χ0n) is 14.7. The Labute approximate surface area is 156 Å². The zero-order valence-corrected chi connectivity index (χ0v) is 16.3. The fourth-order valence-corrected chi connectivity index (χ4v) is 4.30. The first-order valence-electron chi connectivity index (χ1n) is 8.52. The highest BCUT2D eigenvalue weighted by atomic mass is 32.1. The van der Waals surface area contributed by atoms with Crippen LogP contribution in [0.3, 0.4) is 0 Å². The molecule has 1 aliphatic carbocycles. The molecule has 4 rings (SSSR count). The summed E-state index contributed by atoms with van der Waals surface area (Å²) >= 11 is 7.18. The molecule has 0 amide bonds. The summed E-state index contributed by atoms with van der Waals surface area (Å²) < 4.78 is 2.65. The summed E-state index contributed by atoms with van der Waals surface area (Å²) in [6, 6.07) is 6.72. The van der Waals surface area contributed by atoms with E-state index >= 15 is 0 Å². The van der Waals surface area contributed by atoms with Crippen molar-refractivity contribution >= 4 is 23.6 Å². The van der Waals surface area contributed by atoms with Crippen molar-refractivity contribution in [2.75, 3.05) is 0 Å². The third-order valence-electron chi connectivity index (χ3n) is 4.80. The van der Waals surface area contributed by atoms with Gasteiger partial charge in [-0.3, -0.25) is 0 Å². The number of hydrogen-bond donors (Lipinski definition) is 0. The highest BCUT2D eigenvalue weighted by Gasteiger charge is 2.18. The maximum Gasteiger partial charge on any atom is 0.139 e. The number of aromatic nitrogens is 4. The normalized spacial score (nSPS) is 13.2.